The predicted molar refractivity (Wildman–Crippen MR) is 100 cm³/mol. The molecule has 136 valence electrons. The molecule has 0 N–H and O–H groups in total. The van der Waals surface area contributed by atoms with Crippen molar-refractivity contribution in [2.75, 3.05) is 0 Å². The van der Waals surface area contributed by atoms with E-state index in [0.717, 1.165) is 27.6 Å². The van der Waals surface area contributed by atoms with Gasteiger partial charge in [-0.3, -0.25) is 0 Å². The maximum Gasteiger partial charge on any atom is 0.394 e. The summed E-state index contributed by atoms with van der Waals surface area (Å²) in [4.78, 5) is 4.70. The number of rotatable bonds is 3. The molecule has 26 heavy (non-hydrogen) atoms. The molecule has 0 saturated carbocycles. The van der Waals surface area contributed by atoms with Crippen LogP contribution >= 0.6 is 0 Å². The highest BCUT2D eigenvalue weighted by atomic mass is 19.4. The number of pyridine rings is 1. The third-order valence-corrected chi connectivity index (χ3v) is 4.72. The van der Waals surface area contributed by atoms with Gasteiger partial charge in [-0.15, -0.1) is 0 Å². The Labute approximate surface area is 151 Å². The summed E-state index contributed by atoms with van der Waals surface area (Å²) in [5.41, 5.74) is 3.43. The minimum atomic E-state index is -4.27. The average molecular weight is 357 g/mol. The third-order valence-electron chi connectivity index (χ3n) is 4.72. The molecule has 0 spiro atoms. The zero-order valence-electron chi connectivity index (χ0n) is 15.4. The molecule has 0 amide bonds. The number of nitrogens with zero attached hydrogens (tertiary/aromatic N) is 1. The van der Waals surface area contributed by atoms with Crippen LogP contribution in [0.2, 0.25) is 0 Å². The summed E-state index contributed by atoms with van der Waals surface area (Å²) in [5.74, 6) is 0. The van der Waals surface area contributed by atoms with E-state index >= 15 is 0 Å². The smallest absolute Gasteiger partial charge is 0.248 e. The normalized spacial score (nSPS) is 12.6. The van der Waals surface area contributed by atoms with E-state index in [4.69, 9.17) is 4.98 Å². The van der Waals surface area contributed by atoms with Crippen LogP contribution in [-0.4, -0.2) is 11.2 Å². The van der Waals surface area contributed by atoms with E-state index in [0.29, 0.717) is 11.3 Å². The number of benzene rings is 2. The molecular weight excluding hydrogens is 335 g/mol. The number of aryl methyl sites for hydroxylation is 2. The lowest BCUT2D eigenvalue weighted by atomic mass is 9.83. The van der Waals surface area contributed by atoms with Gasteiger partial charge in [-0.2, -0.15) is 13.2 Å². The first kappa shape index (κ1) is 18.4. The zero-order chi connectivity index (χ0) is 19.1. The molecule has 0 aliphatic rings. The highest BCUT2D eigenvalue weighted by Crippen LogP contribution is 2.41. The summed E-state index contributed by atoms with van der Waals surface area (Å²) >= 11 is 0. The molecule has 0 aliphatic carbocycles. The Bertz CT molecular complexity index is 935. The summed E-state index contributed by atoms with van der Waals surface area (Å²) in [5, 5.41) is 0.776. The molecule has 3 aromatic rings. The van der Waals surface area contributed by atoms with Gasteiger partial charge in [0.05, 0.1) is 16.6 Å². The van der Waals surface area contributed by atoms with Crippen LogP contribution in [0.25, 0.3) is 22.2 Å². The van der Waals surface area contributed by atoms with E-state index in [9.17, 15) is 13.2 Å². The van der Waals surface area contributed by atoms with Gasteiger partial charge >= 0.3 is 6.18 Å². The zero-order valence-corrected chi connectivity index (χ0v) is 15.4. The van der Waals surface area contributed by atoms with Crippen molar-refractivity contribution in [2.24, 2.45) is 5.41 Å². The fourth-order valence-corrected chi connectivity index (χ4v) is 3.24. The van der Waals surface area contributed by atoms with Gasteiger partial charge in [0, 0.05) is 10.9 Å². The van der Waals surface area contributed by atoms with E-state index < -0.39 is 11.6 Å². The molecule has 1 nitrogen and oxygen atoms in total. The Hall–Kier alpha value is -2.36. The summed E-state index contributed by atoms with van der Waals surface area (Å²) in [6.45, 7) is 6.51. The molecule has 0 fully saturated rings. The van der Waals surface area contributed by atoms with Crippen LogP contribution in [0, 0.1) is 19.3 Å². The Balaban J connectivity index is 2.19. The summed E-state index contributed by atoms with van der Waals surface area (Å²) in [6.07, 6.45) is -4.35. The Morgan fingerprint density at radius 2 is 1.50 bits per heavy atom. The van der Waals surface area contributed by atoms with Gasteiger partial charge in [0.1, 0.15) is 0 Å². The SMILES string of the molecule is Cc1cc(C)cc(-c2cc(CC(C)(C)C(F)(F)F)c3ccccc3n2)c1. The maximum atomic E-state index is 13.4. The standard InChI is InChI=1S/C22H22F3N/c1-14-9-15(2)11-16(10-14)20-12-17(13-21(3,4)22(23,24)25)18-7-5-6-8-19(18)26-20/h5-12H,13H2,1-4H3. The van der Waals surface area contributed by atoms with Gasteiger partial charge in [-0.05, 0) is 50.1 Å². The monoisotopic (exact) mass is 357 g/mol. The molecule has 1 heterocycles. The van der Waals surface area contributed by atoms with Crippen molar-refractivity contribution in [2.45, 2.75) is 40.3 Å². The first-order valence-corrected chi connectivity index (χ1v) is 8.61. The lowest BCUT2D eigenvalue weighted by Gasteiger charge is -2.28. The fraction of sp³-hybridized carbons (Fsp3) is 0.318. The summed E-state index contributed by atoms with van der Waals surface area (Å²) < 4.78 is 40.3. The van der Waals surface area contributed by atoms with Gasteiger partial charge in [0.25, 0.3) is 0 Å². The van der Waals surface area contributed by atoms with E-state index in [1.807, 2.05) is 56.3 Å². The predicted octanol–water partition coefficient (Wildman–Crippen LogP) is 6.65. The minimum Gasteiger partial charge on any atom is -0.248 e. The molecule has 0 radical (unpaired) electrons. The van der Waals surface area contributed by atoms with Crippen molar-refractivity contribution in [3.05, 3.63) is 65.2 Å². The van der Waals surface area contributed by atoms with E-state index in [2.05, 4.69) is 6.07 Å². The third kappa shape index (κ3) is 3.59. The van der Waals surface area contributed by atoms with Crippen LogP contribution in [0.5, 0.6) is 0 Å². The van der Waals surface area contributed by atoms with Crippen molar-refractivity contribution in [3.8, 4) is 11.3 Å². The van der Waals surface area contributed by atoms with Crippen LogP contribution in [0.3, 0.4) is 0 Å². The van der Waals surface area contributed by atoms with Gasteiger partial charge < -0.3 is 0 Å². The van der Waals surface area contributed by atoms with E-state index in [-0.39, 0.29) is 6.42 Å². The molecule has 0 unspecified atom stereocenters. The molecule has 0 saturated heterocycles. The van der Waals surface area contributed by atoms with Gasteiger partial charge in [0.15, 0.2) is 0 Å². The van der Waals surface area contributed by atoms with Gasteiger partial charge in [0.2, 0.25) is 0 Å². The Morgan fingerprint density at radius 3 is 2.12 bits per heavy atom. The number of halogens is 3. The van der Waals surface area contributed by atoms with Crippen LogP contribution in [0.1, 0.15) is 30.5 Å². The highest BCUT2D eigenvalue weighted by molar-refractivity contribution is 5.85. The van der Waals surface area contributed by atoms with Crippen molar-refractivity contribution in [1.82, 2.24) is 4.98 Å². The maximum absolute atomic E-state index is 13.4. The van der Waals surface area contributed by atoms with Crippen LogP contribution in [0.4, 0.5) is 13.2 Å². The lowest BCUT2D eigenvalue weighted by Crippen LogP contribution is -2.34. The van der Waals surface area contributed by atoms with Crippen LogP contribution in [-0.2, 0) is 6.42 Å². The highest BCUT2D eigenvalue weighted by Gasteiger charge is 2.47. The minimum absolute atomic E-state index is 0.0860. The van der Waals surface area contributed by atoms with E-state index in [1.54, 1.807) is 0 Å². The van der Waals surface area contributed by atoms with Crippen LogP contribution in [0.15, 0.2) is 48.5 Å². The number of hydrogen-bond donors (Lipinski definition) is 0. The first-order chi connectivity index (χ1) is 12.1. The molecule has 4 heteroatoms. The molecule has 0 atom stereocenters. The molecular formula is C22H22F3N. The quantitative estimate of drug-likeness (QED) is 0.511. The average Bonchev–Trinajstić information content (AvgIpc) is 2.52. The lowest BCUT2D eigenvalue weighted by molar-refractivity contribution is -0.210. The number of fused-ring (bicyclic) bond motifs is 1. The number of hydrogen-bond acceptors (Lipinski definition) is 1. The van der Waals surface area contributed by atoms with Crippen molar-refractivity contribution < 1.29 is 13.2 Å². The summed E-state index contributed by atoms with van der Waals surface area (Å²) in [7, 11) is 0. The molecule has 2 aromatic carbocycles. The number of alkyl halides is 3. The molecule has 3 rings (SSSR count). The van der Waals surface area contributed by atoms with Crippen molar-refractivity contribution >= 4 is 10.9 Å². The first-order valence-electron chi connectivity index (χ1n) is 8.61. The molecule has 0 aliphatic heterocycles. The second-order valence-corrected chi connectivity index (χ2v) is 7.62. The largest absolute Gasteiger partial charge is 0.394 e. The Morgan fingerprint density at radius 1 is 0.885 bits per heavy atom. The van der Waals surface area contributed by atoms with Crippen LogP contribution < -0.4 is 0 Å². The van der Waals surface area contributed by atoms with Gasteiger partial charge in [-0.25, -0.2) is 4.98 Å². The summed E-state index contributed by atoms with van der Waals surface area (Å²) in [6, 6.07) is 15.3. The van der Waals surface area contributed by atoms with Crippen molar-refractivity contribution in [1.29, 1.82) is 0 Å². The molecule has 0 bridgehead atoms. The fourth-order valence-electron chi connectivity index (χ4n) is 3.24. The number of para-hydroxylation sites is 1. The molecule has 1 aromatic heterocycles. The second-order valence-electron chi connectivity index (χ2n) is 7.62. The van der Waals surface area contributed by atoms with E-state index in [1.165, 1.54) is 13.8 Å². The van der Waals surface area contributed by atoms with Gasteiger partial charge in [-0.1, -0.05) is 49.2 Å². The van der Waals surface area contributed by atoms with Crippen molar-refractivity contribution in [3.63, 3.8) is 0 Å². The Kier molecular flexibility index (Phi) is 4.55. The second kappa shape index (κ2) is 6.42. The topological polar surface area (TPSA) is 12.9 Å². The number of aromatic nitrogens is 1.